The number of carboxylic acids is 1. The van der Waals surface area contributed by atoms with Crippen molar-refractivity contribution in [3.8, 4) is 22.3 Å². The van der Waals surface area contributed by atoms with Crippen molar-refractivity contribution in [2.75, 3.05) is 39.5 Å². The molecular weight excluding hydrogens is 1360 g/mol. The summed E-state index contributed by atoms with van der Waals surface area (Å²) >= 11 is 11.8. The van der Waals surface area contributed by atoms with E-state index < -0.39 is 110 Å². The maximum absolute atomic E-state index is 15.3. The highest BCUT2D eigenvalue weighted by atomic mass is 35.7. The molecule has 0 spiro atoms. The van der Waals surface area contributed by atoms with E-state index in [0.29, 0.717) is 59.8 Å². The van der Waals surface area contributed by atoms with E-state index >= 15 is 4.39 Å². The smallest absolute Gasteiger partial charge is 0.343 e. The predicted molar refractivity (Wildman–Crippen MR) is 358 cm³/mol. The van der Waals surface area contributed by atoms with Gasteiger partial charge >= 0.3 is 11.9 Å². The summed E-state index contributed by atoms with van der Waals surface area (Å²) in [6, 6.07) is 25.9. The molecule has 0 aliphatic heterocycles. The van der Waals surface area contributed by atoms with Crippen LogP contribution >= 0.6 is 33.9 Å². The first kappa shape index (κ1) is 78.2. The number of aromatic nitrogens is 4. The number of aromatic carboxylic acids is 1. The number of methoxy groups -OCH3 is 1. The summed E-state index contributed by atoms with van der Waals surface area (Å²) in [6.45, 7) is 5.84. The summed E-state index contributed by atoms with van der Waals surface area (Å²) in [5, 5.41) is 11.5. The lowest BCUT2D eigenvalue weighted by molar-refractivity contribution is 0.0588. The molecule has 18 nitrogen and oxygen atoms in total. The van der Waals surface area contributed by atoms with Crippen LogP contribution in [0.25, 0.3) is 44.3 Å². The molecule has 0 radical (unpaired) electrons. The van der Waals surface area contributed by atoms with E-state index in [2.05, 4.69) is 35.5 Å². The van der Waals surface area contributed by atoms with Crippen molar-refractivity contribution in [2.24, 2.45) is 0 Å². The number of ether oxygens (including phenoxy) is 1. The van der Waals surface area contributed by atoms with E-state index in [9.17, 15) is 61.6 Å². The number of halogens is 9. The van der Waals surface area contributed by atoms with Gasteiger partial charge < -0.3 is 25.5 Å². The average Bonchev–Trinajstić information content (AvgIpc) is 1.52. The van der Waals surface area contributed by atoms with Crippen molar-refractivity contribution in [3.63, 3.8) is 0 Å². The molecule has 94 heavy (non-hydrogen) atoms. The van der Waals surface area contributed by atoms with Gasteiger partial charge in [0.1, 0.15) is 39.9 Å². The third kappa shape index (κ3) is 23.1. The molecule has 0 fully saturated rings. The van der Waals surface area contributed by atoms with Gasteiger partial charge in [-0.05, 0) is 109 Å². The maximum atomic E-state index is 15.3. The average molecular weight is 1430 g/mol. The van der Waals surface area contributed by atoms with Gasteiger partial charge in [-0.15, -0.1) is 0 Å². The first-order valence-corrected chi connectivity index (χ1v) is 34.9. The fourth-order valence-corrected chi connectivity index (χ4v) is 11.9. The van der Waals surface area contributed by atoms with Gasteiger partial charge in [0.25, 0.3) is 0 Å². The highest BCUT2D eigenvalue weighted by Crippen LogP contribution is 2.31. The van der Waals surface area contributed by atoms with E-state index in [1.807, 2.05) is 68.2 Å². The van der Waals surface area contributed by atoms with Gasteiger partial charge in [0.2, 0.25) is 34.9 Å². The Labute approximate surface area is 555 Å². The Morgan fingerprint density at radius 2 is 1.01 bits per heavy atom. The van der Waals surface area contributed by atoms with Crippen LogP contribution in [0.1, 0.15) is 123 Å². The monoisotopic (exact) mass is 1430 g/mol. The lowest BCUT2D eigenvalue weighted by Crippen LogP contribution is -2.19. The summed E-state index contributed by atoms with van der Waals surface area (Å²) in [4.78, 5) is 49.4. The fourth-order valence-electron chi connectivity index (χ4n) is 8.44. The van der Waals surface area contributed by atoms with Crippen LogP contribution in [0, 0.1) is 34.9 Å². The number of sulfonamides is 2. The van der Waals surface area contributed by atoms with Gasteiger partial charge in [-0.3, -0.25) is 14.2 Å². The molecule has 4 aromatic heterocycles. The number of fused-ring (bicyclic) bond motifs is 2. The van der Waals surface area contributed by atoms with Crippen LogP contribution in [0.2, 0.25) is 10.0 Å². The number of nitrogens with one attached hydrogen (secondary N) is 4. The van der Waals surface area contributed by atoms with E-state index in [1.165, 1.54) is 6.20 Å². The number of aromatic amines is 2. The number of carbonyl (C=O) groups excluding carboxylic acids is 2. The first-order chi connectivity index (χ1) is 43.9. The molecule has 0 atom stereocenters. The molecule has 30 heteroatoms. The first-order valence-electron chi connectivity index (χ1n) is 28.4. The number of pyridine rings is 2. The Kier molecular flexibility index (Phi) is 30.3. The molecule has 0 unspecified atom stereocenters. The summed E-state index contributed by atoms with van der Waals surface area (Å²) in [7, 11) is -4.90. The Morgan fingerprint density at radius 1 is 0.564 bits per heavy atom. The molecule has 0 bridgehead atoms. The quantitative estimate of drug-likeness (QED) is 0.00919. The second kappa shape index (κ2) is 36.5. The predicted octanol–water partition coefficient (Wildman–Crippen LogP) is 16.5. The molecule has 9 aromatic rings. The third-order valence-electron chi connectivity index (χ3n) is 13.2. The number of nitrogens with two attached hydrogens (primary N) is 1. The Hall–Kier alpha value is -8.21. The Bertz CT molecular complexity index is 4420. The largest absolute Gasteiger partial charge is 0.477 e. The van der Waals surface area contributed by atoms with Gasteiger partial charge in [-0.2, -0.15) is 0 Å². The minimum atomic E-state index is -3.86. The standard InChI is InChI=1S/C25H22ClF2N3O3S.C13H9ClN2.C12H15F2NO4S.C8H7F2NO2.C5H11ClO2S.CH4/c1-2-3-4-11-35(33,34)31-21-10-9-20(27)22(23(21)28)24(32)19-14-30-25-18(19)12-16(13-29-25)15-5-7-17(26)8-6-15;14-12-3-1-9(2-4-12)11-7-10-5-6-15-13(10)16-8-11;1-2-3-4-7-20(18,19)15-9-6-5-8(13)10(11(9)14)12(16)17;1-13-8(12)6-4(9)2-3-5(11)7(6)10;1-2-3-4-5-9(6,7)8;/h5-10,12-14,31H,2-4,11H2,1H3,(H,29,30);1-8H,(H,15,16);5-6,15H,2-4,7H2,1H3,(H,16,17);2-3H,11H2,1H3;2-5H2,1H3;1H4. The third-order valence-corrected chi connectivity index (χ3v) is 17.7. The molecule has 506 valence electrons. The van der Waals surface area contributed by atoms with Crippen LogP contribution in [0.4, 0.5) is 43.4 Å². The number of anilines is 3. The number of hydrogen-bond acceptors (Lipinski definition) is 13. The molecule has 0 aliphatic carbocycles. The zero-order valence-electron chi connectivity index (χ0n) is 50.2. The van der Waals surface area contributed by atoms with Crippen LogP contribution < -0.4 is 15.2 Å². The molecule has 0 aliphatic rings. The molecule has 7 N–H and O–H groups in total. The number of H-pyrrole nitrogens is 2. The van der Waals surface area contributed by atoms with Crippen molar-refractivity contribution in [3.05, 3.63) is 195 Å². The van der Waals surface area contributed by atoms with Gasteiger partial charge in [0.05, 0.1) is 47.0 Å². The normalized spacial score (nSPS) is 11.1. The van der Waals surface area contributed by atoms with Crippen LogP contribution in [-0.2, 0) is 33.8 Å². The van der Waals surface area contributed by atoms with Gasteiger partial charge in [0, 0.05) is 73.0 Å². The van der Waals surface area contributed by atoms with Crippen molar-refractivity contribution in [1.29, 1.82) is 0 Å². The highest BCUT2D eigenvalue weighted by molar-refractivity contribution is 8.13. The summed E-state index contributed by atoms with van der Waals surface area (Å²) < 4.78 is 159. The van der Waals surface area contributed by atoms with Crippen molar-refractivity contribution < 1.29 is 75.8 Å². The second-order valence-corrected chi connectivity index (χ2v) is 27.7. The van der Waals surface area contributed by atoms with Crippen molar-refractivity contribution in [1.82, 2.24) is 19.9 Å². The zero-order chi connectivity index (χ0) is 68.8. The molecule has 4 heterocycles. The number of carboxylic acid groups (broad SMARTS) is 1. The summed E-state index contributed by atoms with van der Waals surface area (Å²) in [6.07, 6.45) is 13.2. The number of carbonyl (C=O) groups is 3. The zero-order valence-corrected chi connectivity index (χ0v) is 55.0. The fraction of sp³-hybridized carbons (Fsp3) is 0.266. The van der Waals surface area contributed by atoms with Crippen molar-refractivity contribution >= 4 is 120 Å². The number of esters is 1. The van der Waals surface area contributed by atoms with Crippen LogP contribution in [0.15, 0.2) is 128 Å². The molecule has 0 saturated carbocycles. The summed E-state index contributed by atoms with van der Waals surface area (Å²) in [5.41, 5.74) is 5.97. The SMILES string of the molecule is C.CCCCCS(=O)(=O)Cl.CCCCCS(=O)(=O)Nc1ccc(F)c(C(=O)O)c1F.CCCCCS(=O)(=O)Nc1ccc(F)c(C(=O)c2c[nH]c3ncc(-c4ccc(Cl)cc4)cc23)c1F.COC(=O)c1c(F)ccc(N)c1F.Clc1ccc(-c2cnc3[nH]ccc3c2)cc1. The number of rotatable bonds is 22. The van der Waals surface area contributed by atoms with E-state index in [-0.39, 0.29) is 35.9 Å². The molecule has 0 saturated heterocycles. The van der Waals surface area contributed by atoms with Gasteiger partial charge in [-0.25, -0.2) is 71.2 Å². The maximum Gasteiger partial charge on any atom is 0.343 e. The lowest BCUT2D eigenvalue weighted by Gasteiger charge is -2.12. The minimum absolute atomic E-state index is 0. The second-order valence-electron chi connectivity index (χ2n) is 20.2. The lowest BCUT2D eigenvalue weighted by atomic mass is 10.00. The van der Waals surface area contributed by atoms with Gasteiger partial charge in [-0.1, -0.05) is 114 Å². The number of nitrogens with zero attached hydrogens (tertiary/aromatic N) is 2. The minimum Gasteiger partial charge on any atom is -0.477 e. The number of unbranched alkanes of at least 4 members (excludes halogenated alkanes) is 6. The van der Waals surface area contributed by atoms with E-state index in [4.69, 9.17) is 44.7 Å². The van der Waals surface area contributed by atoms with Gasteiger partial charge in [0.15, 0.2) is 17.5 Å². The molecule has 5 aromatic carbocycles. The highest BCUT2D eigenvalue weighted by Gasteiger charge is 2.27. The number of ketones is 1. The molecular formula is C64H68Cl3F6N7O11S3. The van der Waals surface area contributed by atoms with Crippen molar-refractivity contribution in [2.45, 2.75) is 86.0 Å². The number of hydrogen-bond donors (Lipinski definition) is 6. The van der Waals surface area contributed by atoms with Crippen LogP contribution in [0.5, 0.6) is 0 Å². The Balaban J connectivity index is 0.000000272. The number of benzene rings is 5. The molecule has 0 amide bonds. The topological polar surface area (TPSA) is 291 Å². The van der Waals surface area contributed by atoms with E-state index in [1.54, 1.807) is 36.5 Å². The Morgan fingerprint density at radius 3 is 1.49 bits per heavy atom. The summed E-state index contributed by atoms with van der Waals surface area (Å²) in [5.74, 6) is -11.3. The number of nitrogen functional groups attached to an aromatic ring is 1. The van der Waals surface area contributed by atoms with Crippen LogP contribution in [-0.4, -0.2) is 92.4 Å². The van der Waals surface area contributed by atoms with Crippen LogP contribution in [0.3, 0.4) is 0 Å². The molecule has 9 rings (SSSR count). The van der Waals surface area contributed by atoms with E-state index in [0.717, 1.165) is 95.9 Å².